The zero-order chi connectivity index (χ0) is 12.3. The standard InChI is InChI=1S/C13H16BNO2/c1-2-9-3-5-10(6-4-9)7-11(12-8-17-12)15-13(14)16/h3-6,11-12H,2,7-8H2,1H3,(H,15,16)/t11?,12-/m0/s1. The molecule has 0 aromatic heterocycles. The molecule has 1 saturated heterocycles. The zero-order valence-corrected chi connectivity index (χ0v) is 9.98. The van der Waals surface area contributed by atoms with Crippen LogP contribution in [0.2, 0.25) is 0 Å². The number of epoxide rings is 1. The highest BCUT2D eigenvalue weighted by molar-refractivity contribution is 6.57. The second-order valence-corrected chi connectivity index (χ2v) is 4.36. The summed E-state index contributed by atoms with van der Waals surface area (Å²) in [5.74, 6) is -0.490. The number of benzene rings is 1. The molecule has 2 rings (SSSR count). The van der Waals surface area contributed by atoms with Crippen molar-refractivity contribution >= 4 is 13.7 Å². The van der Waals surface area contributed by atoms with E-state index in [2.05, 4.69) is 36.5 Å². The highest BCUT2D eigenvalue weighted by Crippen LogP contribution is 2.18. The monoisotopic (exact) mass is 229 g/mol. The quantitative estimate of drug-likeness (QED) is 0.613. The van der Waals surface area contributed by atoms with Crippen LogP contribution in [0, 0.1) is 0 Å². The zero-order valence-electron chi connectivity index (χ0n) is 9.98. The number of hydrogen-bond acceptors (Lipinski definition) is 2. The first kappa shape index (κ1) is 12.2. The molecule has 1 N–H and O–H groups in total. The van der Waals surface area contributed by atoms with E-state index in [4.69, 9.17) is 12.6 Å². The summed E-state index contributed by atoms with van der Waals surface area (Å²) in [6.07, 6.45) is 1.92. The Morgan fingerprint density at radius 1 is 1.47 bits per heavy atom. The number of amides is 1. The van der Waals surface area contributed by atoms with Crippen molar-refractivity contribution in [3.05, 3.63) is 35.4 Å². The van der Waals surface area contributed by atoms with Crippen molar-refractivity contribution in [3.8, 4) is 0 Å². The molecule has 0 aliphatic carbocycles. The van der Waals surface area contributed by atoms with Crippen molar-refractivity contribution in [2.75, 3.05) is 6.61 Å². The lowest BCUT2D eigenvalue weighted by atomic mass is 10.00. The van der Waals surface area contributed by atoms with E-state index in [1.165, 1.54) is 11.1 Å². The Morgan fingerprint density at radius 3 is 2.53 bits per heavy atom. The minimum atomic E-state index is -0.490. The van der Waals surface area contributed by atoms with Gasteiger partial charge in [-0.1, -0.05) is 31.2 Å². The molecule has 0 spiro atoms. The van der Waals surface area contributed by atoms with Crippen LogP contribution in [0.25, 0.3) is 0 Å². The van der Waals surface area contributed by atoms with Gasteiger partial charge in [0.1, 0.15) is 6.10 Å². The third-order valence-electron chi connectivity index (χ3n) is 3.02. The van der Waals surface area contributed by atoms with Crippen molar-refractivity contribution in [2.45, 2.75) is 31.9 Å². The van der Waals surface area contributed by atoms with Crippen molar-refractivity contribution in [1.82, 2.24) is 5.32 Å². The fraction of sp³-hybridized carbons (Fsp3) is 0.462. The fourth-order valence-corrected chi connectivity index (χ4v) is 1.91. The Bertz CT molecular complexity index is 387. The number of carbonyl (C=O) groups is 1. The number of nitrogens with one attached hydrogen (secondary N) is 1. The summed E-state index contributed by atoms with van der Waals surface area (Å²) in [5, 5.41) is 2.73. The first-order valence-electron chi connectivity index (χ1n) is 5.94. The van der Waals surface area contributed by atoms with Crippen molar-refractivity contribution in [2.24, 2.45) is 0 Å². The molecule has 1 aliphatic heterocycles. The number of ether oxygens (including phenoxy) is 1. The van der Waals surface area contributed by atoms with Crippen LogP contribution in [0.5, 0.6) is 0 Å². The summed E-state index contributed by atoms with van der Waals surface area (Å²) in [5.41, 5.74) is 2.51. The molecule has 1 heterocycles. The van der Waals surface area contributed by atoms with E-state index in [1.54, 1.807) is 0 Å². The molecule has 0 saturated carbocycles. The Labute approximate surface area is 103 Å². The van der Waals surface area contributed by atoms with E-state index >= 15 is 0 Å². The lowest BCUT2D eigenvalue weighted by Crippen LogP contribution is -2.39. The number of aryl methyl sites for hydroxylation is 1. The van der Waals surface area contributed by atoms with Crippen LogP contribution in [-0.4, -0.2) is 32.4 Å². The van der Waals surface area contributed by atoms with Gasteiger partial charge >= 0.3 is 0 Å². The minimum absolute atomic E-state index is 0.0139. The molecule has 1 aromatic carbocycles. The molecule has 3 nitrogen and oxygen atoms in total. The Morgan fingerprint density at radius 2 is 2.06 bits per heavy atom. The highest BCUT2D eigenvalue weighted by atomic mass is 16.6. The van der Waals surface area contributed by atoms with Crippen molar-refractivity contribution in [3.63, 3.8) is 0 Å². The van der Waals surface area contributed by atoms with Gasteiger partial charge in [0.2, 0.25) is 7.85 Å². The average molecular weight is 229 g/mol. The number of hydrogen-bond donors (Lipinski definition) is 1. The van der Waals surface area contributed by atoms with Crippen LogP contribution >= 0.6 is 0 Å². The first-order valence-corrected chi connectivity index (χ1v) is 5.94. The molecule has 88 valence electrons. The van der Waals surface area contributed by atoms with Crippen molar-refractivity contribution < 1.29 is 9.53 Å². The molecule has 1 fully saturated rings. The second kappa shape index (κ2) is 5.36. The van der Waals surface area contributed by atoms with E-state index in [9.17, 15) is 4.79 Å². The lowest BCUT2D eigenvalue weighted by molar-refractivity contribution is 0.251. The van der Waals surface area contributed by atoms with Crippen LogP contribution in [0.15, 0.2) is 24.3 Å². The summed E-state index contributed by atoms with van der Waals surface area (Å²) >= 11 is 0. The summed E-state index contributed by atoms with van der Waals surface area (Å²) in [6, 6.07) is 8.41. The summed E-state index contributed by atoms with van der Waals surface area (Å²) in [6.45, 7) is 2.84. The Hall–Kier alpha value is -1.29. The maximum atomic E-state index is 10.9. The molecule has 17 heavy (non-hydrogen) atoms. The second-order valence-electron chi connectivity index (χ2n) is 4.36. The van der Waals surface area contributed by atoms with Gasteiger partial charge in [-0.15, -0.1) is 0 Å². The van der Waals surface area contributed by atoms with E-state index in [-0.39, 0.29) is 12.1 Å². The van der Waals surface area contributed by atoms with Crippen LogP contribution in [0.1, 0.15) is 18.1 Å². The van der Waals surface area contributed by atoms with Gasteiger partial charge in [-0.2, -0.15) is 0 Å². The highest BCUT2D eigenvalue weighted by Gasteiger charge is 2.33. The minimum Gasteiger partial charge on any atom is -0.371 e. The number of carbonyl (C=O) groups excluding carboxylic acids is 1. The van der Waals surface area contributed by atoms with Gasteiger partial charge in [-0.05, 0) is 24.0 Å². The fourth-order valence-electron chi connectivity index (χ4n) is 1.91. The normalized spacial score (nSPS) is 19.7. The molecule has 1 unspecified atom stereocenters. The summed E-state index contributed by atoms with van der Waals surface area (Å²) < 4.78 is 5.22. The topological polar surface area (TPSA) is 41.6 Å². The Balaban J connectivity index is 1.98. The van der Waals surface area contributed by atoms with Gasteiger partial charge in [0, 0.05) is 0 Å². The summed E-state index contributed by atoms with van der Waals surface area (Å²) in [7, 11) is 5.15. The molecule has 2 radical (unpaired) electrons. The lowest BCUT2D eigenvalue weighted by Gasteiger charge is -2.16. The van der Waals surface area contributed by atoms with Crippen LogP contribution in [0.4, 0.5) is 4.79 Å². The van der Waals surface area contributed by atoms with Crippen LogP contribution in [0.3, 0.4) is 0 Å². The predicted octanol–water partition coefficient (Wildman–Crippen LogP) is 1.44. The predicted molar refractivity (Wildman–Crippen MR) is 67.3 cm³/mol. The van der Waals surface area contributed by atoms with E-state index in [0.29, 0.717) is 6.61 Å². The van der Waals surface area contributed by atoms with Gasteiger partial charge in [-0.3, -0.25) is 4.79 Å². The maximum Gasteiger partial charge on any atom is 0.200 e. The largest absolute Gasteiger partial charge is 0.371 e. The van der Waals surface area contributed by atoms with E-state index in [0.717, 1.165) is 12.8 Å². The van der Waals surface area contributed by atoms with Gasteiger partial charge in [0.15, 0.2) is 5.81 Å². The third-order valence-corrected chi connectivity index (χ3v) is 3.02. The smallest absolute Gasteiger partial charge is 0.200 e. The van der Waals surface area contributed by atoms with Gasteiger partial charge in [0.25, 0.3) is 0 Å². The third kappa shape index (κ3) is 3.60. The van der Waals surface area contributed by atoms with Crippen LogP contribution in [-0.2, 0) is 17.6 Å². The first-order chi connectivity index (χ1) is 8.19. The van der Waals surface area contributed by atoms with Crippen molar-refractivity contribution in [1.29, 1.82) is 0 Å². The SMILES string of the molecule is [B]C(=O)NC(Cc1ccc(CC)cc1)[C@@H]1CO1. The molecule has 1 aliphatic rings. The van der Waals surface area contributed by atoms with Crippen LogP contribution < -0.4 is 5.32 Å². The Kier molecular flexibility index (Phi) is 3.84. The maximum absolute atomic E-state index is 10.9. The molecular formula is C13H16BNO2. The van der Waals surface area contributed by atoms with Gasteiger partial charge in [0.05, 0.1) is 12.6 Å². The molecule has 1 aromatic rings. The molecule has 1 amide bonds. The van der Waals surface area contributed by atoms with E-state index < -0.39 is 5.81 Å². The number of rotatable bonds is 5. The summed E-state index contributed by atoms with van der Waals surface area (Å²) in [4.78, 5) is 10.9. The van der Waals surface area contributed by atoms with E-state index in [1.807, 2.05) is 0 Å². The molecule has 2 atom stereocenters. The van der Waals surface area contributed by atoms with Gasteiger partial charge < -0.3 is 10.1 Å². The molecule has 4 heteroatoms. The van der Waals surface area contributed by atoms with Gasteiger partial charge in [-0.25, -0.2) is 0 Å². The molecular weight excluding hydrogens is 213 g/mol. The average Bonchev–Trinajstić information content (AvgIpc) is 3.12. The molecule has 0 bridgehead atoms.